The molecule has 0 bridgehead atoms. The molecule has 0 aliphatic carbocycles. The normalized spacial score (nSPS) is 11.9. The maximum absolute atomic E-state index is 11.9. The minimum atomic E-state index is -0.421. The van der Waals surface area contributed by atoms with Crippen LogP contribution in [-0.4, -0.2) is 16.0 Å². The molecule has 2 aromatic heterocycles. The average molecular weight is 313 g/mol. The molecule has 3 aromatic rings. The number of hydrogen-bond donors (Lipinski definition) is 1. The number of furan rings is 1. The van der Waals surface area contributed by atoms with Gasteiger partial charge in [0.1, 0.15) is 18.1 Å². The number of carbonyl (C=O) groups is 1. The van der Waals surface area contributed by atoms with Gasteiger partial charge in [0.2, 0.25) is 11.7 Å². The van der Waals surface area contributed by atoms with E-state index in [-0.39, 0.29) is 12.5 Å². The zero-order chi connectivity index (χ0) is 16.1. The Morgan fingerprint density at radius 3 is 2.87 bits per heavy atom. The van der Waals surface area contributed by atoms with Gasteiger partial charge in [0.25, 0.3) is 5.91 Å². The number of benzene rings is 1. The van der Waals surface area contributed by atoms with E-state index in [0.717, 1.165) is 5.75 Å². The highest BCUT2D eigenvalue weighted by Gasteiger charge is 2.18. The Labute approximate surface area is 132 Å². The van der Waals surface area contributed by atoms with Crippen LogP contribution in [0, 0.1) is 0 Å². The molecule has 0 aliphatic heterocycles. The molecule has 1 aromatic carbocycles. The van der Waals surface area contributed by atoms with Crippen LogP contribution >= 0.6 is 0 Å². The highest BCUT2D eigenvalue weighted by molar-refractivity contribution is 5.93. The quantitative estimate of drug-likeness (QED) is 0.752. The number of nitrogens with zero attached hydrogens (tertiary/aromatic N) is 2. The van der Waals surface area contributed by atoms with Crippen molar-refractivity contribution in [2.45, 2.75) is 19.6 Å². The van der Waals surface area contributed by atoms with Crippen LogP contribution in [0.3, 0.4) is 0 Å². The van der Waals surface area contributed by atoms with Crippen LogP contribution < -0.4 is 10.1 Å². The van der Waals surface area contributed by atoms with Crippen LogP contribution in [0.25, 0.3) is 0 Å². The van der Waals surface area contributed by atoms with Crippen molar-refractivity contribution >= 4 is 5.91 Å². The van der Waals surface area contributed by atoms with Gasteiger partial charge in [-0.3, -0.25) is 4.79 Å². The van der Waals surface area contributed by atoms with Crippen molar-refractivity contribution < 1.29 is 18.5 Å². The molecule has 7 heteroatoms. The van der Waals surface area contributed by atoms with Crippen molar-refractivity contribution in [2.24, 2.45) is 0 Å². The van der Waals surface area contributed by atoms with Crippen molar-refractivity contribution in [3.63, 3.8) is 0 Å². The van der Waals surface area contributed by atoms with Gasteiger partial charge < -0.3 is 19.0 Å². The Balaban J connectivity index is 1.57. The molecule has 0 spiro atoms. The van der Waals surface area contributed by atoms with E-state index in [1.54, 1.807) is 13.0 Å². The first kappa shape index (κ1) is 14.8. The molecule has 0 saturated carbocycles. The number of aromatic nitrogens is 2. The van der Waals surface area contributed by atoms with Crippen molar-refractivity contribution in [1.29, 1.82) is 0 Å². The first-order valence-electron chi connectivity index (χ1n) is 7.06. The minimum Gasteiger partial charge on any atom is -0.485 e. The van der Waals surface area contributed by atoms with E-state index in [2.05, 4.69) is 15.5 Å². The number of carbonyl (C=O) groups excluding carboxylic acids is 1. The van der Waals surface area contributed by atoms with Gasteiger partial charge in [0, 0.05) is 0 Å². The zero-order valence-corrected chi connectivity index (χ0v) is 12.4. The third-order valence-electron chi connectivity index (χ3n) is 3.10. The van der Waals surface area contributed by atoms with Crippen LogP contribution in [-0.2, 0) is 6.61 Å². The van der Waals surface area contributed by atoms with Crippen LogP contribution in [0.15, 0.2) is 57.9 Å². The van der Waals surface area contributed by atoms with Crippen molar-refractivity contribution in [3.8, 4) is 5.75 Å². The Hall–Kier alpha value is -3.09. The Kier molecular flexibility index (Phi) is 4.37. The average Bonchev–Trinajstić information content (AvgIpc) is 3.25. The van der Waals surface area contributed by atoms with Crippen LogP contribution in [0.4, 0.5) is 0 Å². The van der Waals surface area contributed by atoms with E-state index in [1.807, 2.05) is 30.3 Å². The summed E-state index contributed by atoms with van der Waals surface area (Å²) >= 11 is 0. The molecule has 1 amide bonds. The second kappa shape index (κ2) is 6.78. The Morgan fingerprint density at radius 2 is 2.13 bits per heavy atom. The lowest BCUT2D eigenvalue weighted by molar-refractivity contribution is 0.0932. The molecular formula is C16H15N3O4. The number of hydrogen-bond acceptors (Lipinski definition) is 6. The number of para-hydroxylation sites is 1. The van der Waals surface area contributed by atoms with E-state index in [4.69, 9.17) is 13.7 Å². The van der Waals surface area contributed by atoms with E-state index >= 15 is 0 Å². The molecule has 0 aliphatic rings. The molecule has 2 heterocycles. The molecule has 1 N–H and O–H groups in total. The van der Waals surface area contributed by atoms with E-state index < -0.39 is 6.04 Å². The summed E-state index contributed by atoms with van der Waals surface area (Å²) in [6.07, 6.45) is 2.81. The summed E-state index contributed by atoms with van der Waals surface area (Å²) in [6.45, 7) is 1.95. The zero-order valence-electron chi connectivity index (χ0n) is 12.4. The summed E-state index contributed by atoms with van der Waals surface area (Å²) in [6, 6.07) is 10.5. The molecule has 0 saturated heterocycles. The predicted octanol–water partition coefficient (Wildman–Crippen LogP) is 2.73. The van der Waals surface area contributed by atoms with Crippen molar-refractivity contribution in [1.82, 2.24) is 15.5 Å². The van der Waals surface area contributed by atoms with Gasteiger partial charge in [0.05, 0.1) is 11.8 Å². The van der Waals surface area contributed by atoms with Gasteiger partial charge in [-0.05, 0) is 25.1 Å². The lowest BCUT2D eigenvalue weighted by Crippen LogP contribution is -2.26. The SMILES string of the molecule is CC(NC(=O)c1ccoc1)c1nc(COc2ccccc2)no1. The summed E-state index contributed by atoms with van der Waals surface area (Å²) in [7, 11) is 0. The predicted molar refractivity (Wildman–Crippen MR) is 79.7 cm³/mol. The first-order chi connectivity index (χ1) is 11.2. The highest BCUT2D eigenvalue weighted by Crippen LogP contribution is 2.13. The topological polar surface area (TPSA) is 90.4 Å². The Morgan fingerprint density at radius 1 is 1.30 bits per heavy atom. The van der Waals surface area contributed by atoms with Gasteiger partial charge in [-0.2, -0.15) is 4.98 Å². The summed E-state index contributed by atoms with van der Waals surface area (Å²) in [5, 5.41) is 6.59. The molecule has 118 valence electrons. The molecule has 23 heavy (non-hydrogen) atoms. The number of amides is 1. The van der Waals surface area contributed by atoms with Crippen LogP contribution in [0.1, 0.15) is 35.0 Å². The molecule has 7 nitrogen and oxygen atoms in total. The summed E-state index contributed by atoms with van der Waals surface area (Å²) in [5.41, 5.74) is 0.434. The van der Waals surface area contributed by atoms with E-state index in [9.17, 15) is 4.79 Å². The monoisotopic (exact) mass is 313 g/mol. The lowest BCUT2D eigenvalue weighted by Gasteiger charge is -2.07. The molecular weight excluding hydrogens is 298 g/mol. The van der Waals surface area contributed by atoms with Crippen molar-refractivity contribution in [2.75, 3.05) is 0 Å². The fourth-order valence-electron chi connectivity index (χ4n) is 1.90. The maximum Gasteiger partial charge on any atom is 0.255 e. The fraction of sp³-hybridized carbons (Fsp3) is 0.188. The third-order valence-corrected chi connectivity index (χ3v) is 3.10. The number of rotatable bonds is 6. The summed E-state index contributed by atoms with van der Waals surface area (Å²) in [5.74, 6) is 1.17. The smallest absolute Gasteiger partial charge is 0.255 e. The van der Waals surface area contributed by atoms with Crippen LogP contribution in [0.5, 0.6) is 5.75 Å². The maximum atomic E-state index is 11.9. The van der Waals surface area contributed by atoms with Crippen molar-refractivity contribution in [3.05, 3.63) is 66.2 Å². The van der Waals surface area contributed by atoms with E-state index in [1.165, 1.54) is 12.5 Å². The molecule has 3 rings (SSSR count). The van der Waals surface area contributed by atoms with E-state index in [0.29, 0.717) is 17.3 Å². The second-order valence-electron chi connectivity index (χ2n) is 4.86. The largest absolute Gasteiger partial charge is 0.485 e. The molecule has 1 atom stereocenters. The van der Waals surface area contributed by atoms with Gasteiger partial charge in [-0.25, -0.2) is 0 Å². The number of nitrogens with one attached hydrogen (secondary N) is 1. The molecule has 0 radical (unpaired) electrons. The second-order valence-corrected chi connectivity index (χ2v) is 4.86. The lowest BCUT2D eigenvalue weighted by atomic mass is 10.2. The fourth-order valence-corrected chi connectivity index (χ4v) is 1.90. The van der Waals surface area contributed by atoms with Gasteiger partial charge in [0.15, 0.2) is 6.61 Å². The van der Waals surface area contributed by atoms with Gasteiger partial charge in [-0.15, -0.1) is 0 Å². The summed E-state index contributed by atoms with van der Waals surface area (Å²) < 4.78 is 15.6. The standard InChI is InChI=1S/C16H15N3O4/c1-11(17-15(20)12-7-8-21-9-12)16-18-14(19-23-16)10-22-13-5-3-2-4-6-13/h2-9,11H,10H2,1H3,(H,17,20). The minimum absolute atomic E-state index is 0.190. The molecule has 0 fully saturated rings. The molecule has 1 unspecified atom stereocenters. The third kappa shape index (κ3) is 3.76. The Bertz CT molecular complexity index is 753. The summed E-state index contributed by atoms with van der Waals surface area (Å²) in [4.78, 5) is 16.1. The van der Waals surface area contributed by atoms with Crippen LogP contribution in [0.2, 0.25) is 0 Å². The highest BCUT2D eigenvalue weighted by atomic mass is 16.5. The first-order valence-corrected chi connectivity index (χ1v) is 7.06. The number of ether oxygens (including phenoxy) is 1. The van der Waals surface area contributed by atoms with Gasteiger partial charge in [-0.1, -0.05) is 23.4 Å². The van der Waals surface area contributed by atoms with Gasteiger partial charge >= 0.3 is 0 Å².